The highest BCUT2D eigenvalue weighted by atomic mass is 35.5. The van der Waals surface area contributed by atoms with Gasteiger partial charge < -0.3 is 9.73 Å². The van der Waals surface area contributed by atoms with Crippen LogP contribution in [0.1, 0.15) is 21.6 Å². The number of amides is 1. The Morgan fingerprint density at radius 3 is 2.67 bits per heavy atom. The van der Waals surface area contributed by atoms with Crippen LogP contribution in [0.4, 0.5) is 5.82 Å². The standard InChI is InChI=1S/C20H15Cl2N5O3/c1-10-11(2)23-20(25-18(10)28)27-17(9-15(26-27)16-4-3-7-30-16)24-19(29)13-6-5-12(21)8-14(13)22/h3-9H,1-2H3,(H,24,29)(H,23,25,28). The van der Waals surface area contributed by atoms with Gasteiger partial charge in [0.2, 0.25) is 5.95 Å². The van der Waals surface area contributed by atoms with Crippen LogP contribution in [-0.2, 0) is 0 Å². The molecule has 0 bridgehead atoms. The van der Waals surface area contributed by atoms with Crippen molar-refractivity contribution >= 4 is 34.9 Å². The zero-order valence-corrected chi connectivity index (χ0v) is 17.4. The second-order valence-electron chi connectivity index (χ2n) is 6.48. The maximum atomic E-state index is 12.8. The molecule has 0 saturated heterocycles. The third-order valence-corrected chi connectivity index (χ3v) is 5.03. The number of hydrogen-bond acceptors (Lipinski definition) is 5. The van der Waals surface area contributed by atoms with Gasteiger partial charge in [-0.05, 0) is 44.2 Å². The van der Waals surface area contributed by atoms with Gasteiger partial charge in [-0.3, -0.25) is 14.6 Å². The molecule has 4 rings (SSSR count). The van der Waals surface area contributed by atoms with Crippen LogP contribution in [0.5, 0.6) is 0 Å². The van der Waals surface area contributed by atoms with E-state index >= 15 is 0 Å². The Morgan fingerprint density at radius 1 is 1.20 bits per heavy atom. The summed E-state index contributed by atoms with van der Waals surface area (Å²) in [5.74, 6) is 0.428. The molecule has 0 aliphatic heterocycles. The number of aromatic amines is 1. The summed E-state index contributed by atoms with van der Waals surface area (Å²) in [6.07, 6.45) is 1.51. The number of benzene rings is 1. The fourth-order valence-electron chi connectivity index (χ4n) is 2.76. The molecule has 0 spiro atoms. The highest BCUT2D eigenvalue weighted by molar-refractivity contribution is 6.37. The molecule has 0 radical (unpaired) electrons. The van der Waals surface area contributed by atoms with Crippen LogP contribution < -0.4 is 10.9 Å². The van der Waals surface area contributed by atoms with E-state index in [1.165, 1.54) is 23.1 Å². The van der Waals surface area contributed by atoms with Gasteiger partial charge in [-0.2, -0.15) is 9.78 Å². The maximum Gasteiger partial charge on any atom is 0.258 e. The van der Waals surface area contributed by atoms with E-state index in [2.05, 4.69) is 20.4 Å². The number of furan rings is 1. The van der Waals surface area contributed by atoms with E-state index in [1.807, 2.05) is 0 Å². The predicted octanol–water partition coefficient (Wildman–Crippen LogP) is 4.39. The Balaban J connectivity index is 1.80. The molecule has 30 heavy (non-hydrogen) atoms. The fourth-order valence-corrected chi connectivity index (χ4v) is 3.26. The van der Waals surface area contributed by atoms with E-state index in [0.717, 1.165) is 0 Å². The van der Waals surface area contributed by atoms with E-state index in [4.69, 9.17) is 27.6 Å². The predicted molar refractivity (Wildman–Crippen MR) is 114 cm³/mol. The summed E-state index contributed by atoms with van der Waals surface area (Å²) in [7, 11) is 0. The molecule has 0 aliphatic carbocycles. The first kappa shape index (κ1) is 19.9. The zero-order valence-electron chi connectivity index (χ0n) is 15.9. The zero-order chi connectivity index (χ0) is 21.4. The van der Waals surface area contributed by atoms with Crippen molar-refractivity contribution in [1.29, 1.82) is 0 Å². The monoisotopic (exact) mass is 443 g/mol. The van der Waals surface area contributed by atoms with Crippen molar-refractivity contribution in [3.05, 3.63) is 79.9 Å². The summed E-state index contributed by atoms with van der Waals surface area (Å²) >= 11 is 12.1. The normalized spacial score (nSPS) is 10.9. The number of halogens is 2. The minimum atomic E-state index is -0.477. The van der Waals surface area contributed by atoms with Crippen LogP contribution in [0, 0.1) is 13.8 Å². The van der Waals surface area contributed by atoms with Gasteiger partial charge >= 0.3 is 0 Å². The molecule has 1 amide bonds. The molecule has 3 aromatic heterocycles. The summed E-state index contributed by atoms with van der Waals surface area (Å²) in [5.41, 5.74) is 1.41. The minimum Gasteiger partial charge on any atom is -0.463 e. The molecule has 0 atom stereocenters. The number of aryl methyl sites for hydroxylation is 1. The van der Waals surface area contributed by atoms with Crippen LogP contribution in [0.3, 0.4) is 0 Å². The molecule has 0 saturated carbocycles. The van der Waals surface area contributed by atoms with Crippen LogP contribution in [0.15, 0.2) is 51.9 Å². The molecule has 1 aromatic carbocycles. The number of anilines is 1. The molecule has 8 nitrogen and oxygen atoms in total. The third kappa shape index (κ3) is 3.74. The average molecular weight is 444 g/mol. The van der Waals surface area contributed by atoms with Crippen molar-refractivity contribution in [2.75, 3.05) is 5.32 Å². The molecule has 3 heterocycles. The number of nitrogens with one attached hydrogen (secondary N) is 2. The summed E-state index contributed by atoms with van der Waals surface area (Å²) < 4.78 is 6.72. The topological polar surface area (TPSA) is 106 Å². The Hall–Kier alpha value is -3.36. The Kier molecular flexibility index (Phi) is 5.19. The van der Waals surface area contributed by atoms with E-state index in [-0.39, 0.29) is 27.9 Å². The molecular formula is C20H15Cl2N5O3. The number of carbonyl (C=O) groups excluding carboxylic acids is 1. The number of carbonyl (C=O) groups is 1. The van der Waals surface area contributed by atoms with Crippen LogP contribution in [0.2, 0.25) is 10.0 Å². The van der Waals surface area contributed by atoms with Crippen molar-refractivity contribution in [3.8, 4) is 17.4 Å². The van der Waals surface area contributed by atoms with E-state index in [1.54, 1.807) is 38.1 Å². The average Bonchev–Trinajstić information content (AvgIpc) is 3.35. The second kappa shape index (κ2) is 7.81. The maximum absolute atomic E-state index is 12.8. The van der Waals surface area contributed by atoms with Crippen LogP contribution in [-0.4, -0.2) is 25.7 Å². The van der Waals surface area contributed by atoms with Gasteiger partial charge in [-0.15, -0.1) is 0 Å². The molecule has 0 unspecified atom stereocenters. The summed E-state index contributed by atoms with van der Waals surface area (Å²) in [6.45, 7) is 3.39. The lowest BCUT2D eigenvalue weighted by Gasteiger charge is -2.10. The highest BCUT2D eigenvalue weighted by Crippen LogP contribution is 2.26. The molecular weight excluding hydrogens is 429 g/mol. The number of nitrogens with zero attached hydrogens (tertiary/aromatic N) is 3. The smallest absolute Gasteiger partial charge is 0.258 e. The number of H-pyrrole nitrogens is 1. The van der Waals surface area contributed by atoms with Crippen LogP contribution >= 0.6 is 23.2 Å². The van der Waals surface area contributed by atoms with Crippen molar-refractivity contribution in [2.24, 2.45) is 0 Å². The van der Waals surface area contributed by atoms with Crippen molar-refractivity contribution < 1.29 is 9.21 Å². The lowest BCUT2D eigenvalue weighted by Crippen LogP contribution is -2.21. The molecule has 2 N–H and O–H groups in total. The Bertz CT molecular complexity index is 1310. The van der Waals surface area contributed by atoms with Crippen LogP contribution in [0.25, 0.3) is 17.4 Å². The fraction of sp³-hybridized carbons (Fsp3) is 0.100. The SMILES string of the molecule is Cc1nc(-n2nc(-c3ccco3)cc2NC(=O)c2ccc(Cl)cc2Cl)[nH]c(=O)c1C. The van der Waals surface area contributed by atoms with Gasteiger partial charge in [0.15, 0.2) is 5.76 Å². The molecule has 0 aliphatic rings. The summed E-state index contributed by atoms with van der Waals surface area (Å²) in [4.78, 5) is 32.1. The third-order valence-electron chi connectivity index (χ3n) is 4.48. The highest BCUT2D eigenvalue weighted by Gasteiger charge is 2.19. The van der Waals surface area contributed by atoms with E-state index < -0.39 is 5.91 Å². The van der Waals surface area contributed by atoms with Gasteiger partial charge in [-0.1, -0.05) is 23.2 Å². The lowest BCUT2D eigenvalue weighted by molar-refractivity contribution is 0.102. The van der Waals surface area contributed by atoms with E-state index in [9.17, 15) is 9.59 Å². The molecule has 10 heteroatoms. The van der Waals surface area contributed by atoms with Crippen molar-refractivity contribution in [1.82, 2.24) is 19.7 Å². The van der Waals surface area contributed by atoms with Gasteiger partial charge in [-0.25, -0.2) is 4.98 Å². The minimum absolute atomic E-state index is 0.151. The quantitative estimate of drug-likeness (QED) is 0.486. The molecule has 0 fully saturated rings. The van der Waals surface area contributed by atoms with Gasteiger partial charge in [0.25, 0.3) is 11.5 Å². The first-order valence-electron chi connectivity index (χ1n) is 8.81. The lowest BCUT2D eigenvalue weighted by atomic mass is 10.2. The van der Waals surface area contributed by atoms with Crippen molar-refractivity contribution in [3.63, 3.8) is 0 Å². The molecule has 4 aromatic rings. The number of hydrogen-bond donors (Lipinski definition) is 2. The van der Waals surface area contributed by atoms with Gasteiger partial charge in [0, 0.05) is 22.3 Å². The van der Waals surface area contributed by atoms with Gasteiger partial charge in [0.05, 0.1) is 16.8 Å². The van der Waals surface area contributed by atoms with Gasteiger partial charge in [0.1, 0.15) is 11.5 Å². The summed E-state index contributed by atoms with van der Waals surface area (Å²) in [6, 6.07) is 9.61. The largest absolute Gasteiger partial charge is 0.463 e. The molecule has 152 valence electrons. The summed E-state index contributed by atoms with van der Waals surface area (Å²) in [5, 5.41) is 7.81. The first-order valence-corrected chi connectivity index (χ1v) is 9.57. The number of rotatable bonds is 4. The number of aromatic nitrogens is 4. The first-order chi connectivity index (χ1) is 14.3. The van der Waals surface area contributed by atoms with E-state index in [0.29, 0.717) is 27.7 Å². The van der Waals surface area contributed by atoms with Crippen molar-refractivity contribution in [2.45, 2.75) is 13.8 Å². The second-order valence-corrected chi connectivity index (χ2v) is 7.33. The Labute approximate surface area is 180 Å². The Morgan fingerprint density at radius 2 is 2.00 bits per heavy atom.